The van der Waals surface area contributed by atoms with Gasteiger partial charge >= 0.3 is 0 Å². The van der Waals surface area contributed by atoms with Crippen molar-refractivity contribution in [1.29, 1.82) is 5.26 Å². The Morgan fingerprint density at radius 3 is 2.61 bits per heavy atom. The van der Waals surface area contributed by atoms with E-state index in [1.54, 1.807) is 0 Å². The Morgan fingerprint density at radius 2 is 2.06 bits per heavy atom. The summed E-state index contributed by atoms with van der Waals surface area (Å²) in [7, 11) is 1.96. The second-order valence-electron chi connectivity index (χ2n) is 4.42. The zero-order valence-electron chi connectivity index (χ0n) is 11.8. The lowest BCUT2D eigenvalue weighted by atomic mass is 10.2. The number of hydrogen-bond donors (Lipinski definition) is 1. The molecule has 1 rings (SSSR count). The molecule has 0 amide bonds. The van der Waals surface area contributed by atoms with Gasteiger partial charge in [0.15, 0.2) is 0 Å². The van der Waals surface area contributed by atoms with E-state index < -0.39 is 0 Å². The molecular weight excluding hydrogens is 226 g/mol. The topological polar surface area (TPSA) is 64.8 Å². The van der Waals surface area contributed by atoms with Crippen molar-refractivity contribution in [3.05, 3.63) is 11.4 Å². The van der Waals surface area contributed by atoms with E-state index in [-0.39, 0.29) is 6.04 Å². The Morgan fingerprint density at radius 1 is 1.39 bits per heavy atom. The van der Waals surface area contributed by atoms with Crippen molar-refractivity contribution >= 4 is 11.6 Å². The number of rotatable bonds is 5. The molecule has 0 fully saturated rings. The van der Waals surface area contributed by atoms with Crippen molar-refractivity contribution in [2.24, 2.45) is 0 Å². The molecule has 0 saturated carbocycles. The normalized spacial score (nSPS) is 11.8. The zero-order chi connectivity index (χ0) is 13.7. The number of anilines is 2. The van der Waals surface area contributed by atoms with E-state index in [0.717, 1.165) is 29.6 Å². The SMILES string of the molecule is CCNc1nc(C)nc(N(C)C(C)CC#N)c1C. The van der Waals surface area contributed by atoms with Crippen LogP contribution >= 0.6 is 0 Å². The van der Waals surface area contributed by atoms with Crippen LogP contribution in [0.1, 0.15) is 31.7 Å². The van der Waals surface area contributed by atoms with Gasteiger partial charge in [-0.1, -0.05) is 0 Å². The summed E-state index contributed by atoms with van der Waals surface area (Å²) in [5, 5.41) is 12.0. The van der Waals surface area contributed by atoms with Gasteiger partial charge in [-0.15, -0.1) is 0 Å². The summed E-state index contributed by atoms with van der Waals surface area (Å²) >= 11 is 0. The van der Waals surface area contributed by atoms with Crippen LogP contribution in [0.5, 0.6) is 0 Å². The second-order valence-corrected chi connectivity index (χ2v) is 4.42. The van der Waals surface area contributed by atoms with Gasteiger partial charge in [-0.25, -0.2) is 9.97 Å². The minimum Gasteiger partial charge on any atom is -0.370 e. The Hall–Kier alpha value is -1.83. The van der Waals surface area contributed by atoms with Gasteiger partial charge in [0.1, 0.15) is 17.5 Å². The van der Waals surface area contributed by atoms with E-state index in [1.165, 1.54) is 0 Å². The predicted molar refractivity (Wildman–Crippen MR) is 73.8 cm³/mol. The van der Waals surface area contributed by atoms with Gasteiger partial charge in [-0.3, -0.25) is 0 Å². The number of nitrogens with zero attached hydrogens (tertiary/aromatic N) is 4. The standard InChI is InChI=1S/C13H21N5/c1-6-15-12-10(3)13(17-11(4)16-12)18(5)9(2)7-8-14/h9H,6-7H2,1-5H3,(H,15,16,17). The summed E-state index contributed by atoms with van der Waals surface area (Å²) in [6.07, 6.45) is 0.482. The molecule has 0 saturated heterocycles. The van der Waals surface area contributed by atoms with E-state index in [4.69, 9.17) is 5.26 Å². The molecule has 1 unspecified atom stereocenters. The van der Waals surface area contributed by atoms with E-state index in [2.05, 4.69) is 21.4 Å². The average Bonchev–Trinajstić information content (AvgIpc) is 2.33. The summed E-state index contributed by atoms with van der Waals surface area (Å²) in [5.74, 6) is 2.50. The maximum Gasteiger partial charge on any atom is 0.137 e. The zero-order valence-corrected chi connectivity index (χ0v) is 11.8. The van der Waals surface area contributed by atoms with Gasteiger partial charge in [-0.2, -0.15) is 5.26 Å². The molecule has 0 bridgehead atoms. The third-order valence-corrected chi connectivity index (χ3v) is 2.96. The van der Waals surface area contributed by atoms with Gasteiger partial charge in [0.2, 0.25) is 0 Å². The molecule has 0 radical (unpaired) electrons. The summed E-state index contributed by atoms with van der Waals surface area (Å²) in [5.41, 5.74) is 1.02. The first-order chi connectivity index (χ1) is 8.51. The van der Waals surface area contributed by atoms with Crippen molar-refractivity contribution < 1.29 is 0 Å². The average molecular weight is 247 g/mol. The highest BCUT2D eigenvalue weighted by molar-refractivity contribution is 5.58. The van der Waals surface area contributed by atoms with E-state index in [0.29, 0.717) is 6.42 Å². The monoisotopic (exact) mass is 247 g/mol. The molecule has 1 N–H and O–H groups in total. The van der Waals surface area contributed by atoms with Crippen LogP contribution < -0.4 is 10.2 Å². The largest absolute Gasteiger partial charge is 0.370 e. The fourth-order valence-electron chi connectivity index (χ4n) is 1.77. The predicted octanol–water partition coefficient (Wildman–Crippen LogP) is 2.26. The highest BCUT2D eigenvalue weighted by Gasteiger charge is 2.16. The highest BCUT2D eigenvalue weighted by Crippen LogP contribution is 2.24. The van der Waals surface area contributed by atoms with Crippen LogP contribution in [-0.2, 0) is 0 Å². The molecule has 1 heterocycles. The molecule has 0 spiro atoms. The molecule has 0 aliphatic heterocycles. The lowest BCUT2D eigenvalue weighted by molar-refractivity contribution is 0.689. The first-order valence-corrected chi connectivity index (χ1v) is 6.20. The third-order valence-electron chi connectivity index (χ3n) is 2.96. The Labute approximate surface area is 109 Å². The van der Waals surface area contributed by atoms with Crippen molar-refractivity contribution in [2.45, 2.75) is 40.2 Å². The molecule has 0 aliphatic rings. The Kier molecular flexibility index (Phi) is 4.90. The van der Waals surface area contributed by atoms with Gasteiger partial charge in [0.25, 0.3) is 0 Å². The van der Waals surface area contributed by atoms with Crippen LogP contribution in [0.15, 0.2) is 0 Å². The first-order valence-electron chi connectivity index (χ1n) is 6.20. The lowest BCUT2D eigenvalue weighted by Crippen LogP contribution is -2.30. The molecule has 1 aromatic rings. The van der Waals surface area contributed by atoms with E-state index in [9.17, 15) is 0 Å². The molecular formula is C13H21N5. The van der Waals surface area contributed by atoms with Gasteiger partial charge in [0, 0.05) is 25.2 Å². The Bertz CT molecular complexity index is 449. The summed E-state index contributed by atoms with van der Waals surface area (Å²) in [4.78, 5) is 10.9. The molecule has 0 aromatic carbocycles. The van der Waals surface area contributed by atoms with Crippen LogP contribution in [-0.4, -0.2) is 29.6 Å². The maximum atomic E-state index is 8.77. The van der Waals surface area contributed by atoms with Crippen LogP contribution in [0, 0.1) is 25.2 Å². The van der Waals surface area contributed by atoms with Crippen LogP contribution in [0.25, 0.3) is 0 Å². The highest BCUT2D eigenvalue weighted by atomic mass is 15.2. The molecule has 18 heavy (non-hydrogen) atoms. The summed E-state index contributed by atoms with van der Waals surface area (Å²) in [6.45, 7) is 8.77. The molecule has 5 nitrogen and oxygen atoms in total. The van der Waals surface area contributed by atoms with Gasteiger partial charge in [0.05, 0.1) is 12.5 Å². The summed E-state index contributed by atoms with van der Waals surface area (Å²) in [6, 6.07) is 2.33. The number of nitrogens with one attached hydrogen (secondary N) is 1. The molecule has 0 aliphatic carbocycles. The van der Waals surface area contributed by atoms with Crippen molar-refractivity contribution in [2.75, 3.05) is 23.8 Å². The van der Waals surface area contributed by atoms with Gasteiger partial charge in [-0.05, 0) is 27.7 Å². The lowest BCUT2D eigenvalue weighted by Gasteiger charge is -2.26. The molecule has 5 heteroatoms. The fraction of sp³-hybridized carbons (Fsp3) is 0.615. The van der Waals surface area contributed by atoms with Crippen molar-refractivity contribution in [3.63, 3.8) is 0 Å². The minimum atomic E-state index is 0.137. The second kappa shape index (κ2) is 6.20. The maximum absolute atomic E-state index is 8.77. The number of aryl methyl sites for hydroxylation is 1. The van der Waals surface area contributed by atoms with Gasteiger partial charge < -0.3 is 10.2 Å². The third kappa shape index (κ3) is 3.10. The van der Waals surface area contributed by atoms with E-state index in [1.807, 2.05) is 39.6 Å². The van der Waals surface area contributed by atoms with Crippen LogP contribution in [0.4, 0.5) is 11.6 Å². The number of aromatic nitrogens is 2. The Balaban J connectivity index is 3.12. The van der Waals surface area contributed by atoms with Crippen LogP contribution in [0.2, 0.25) is 0 Å². The van der Waals surface area contributed by atoms with Crippen LogP contribution in [0.3, 0.4) is 0 Å². The van der Waals surface area contributed by atoms with E-state index >= 15 is 0 Å². The minimum absolute atomic E-state index is 0.137. The first kappa shape index (κ1) is 14.2. The molecule has 1 aromatic heterocycles. The number of nitriles is 1. The summed E-state index contributed by atoms with van der Waals surface area (Å²) < 4.78 is 0. The fourth-order valence-corrected chi connectivity index (χ4v) is 1.77. The van der Waals surface area contributed by atoms with Crippen molar-refractivity contribution in [1.82, 2.24) is 9.97 Å². The van der Waals surface area contributed by atoms with Crippen molar-refractivity contribution in [3.8, 4) is 6.07 Å². The number of hydrogen-bond acceptors (Lipinski definition) is 5. The smallest absolute Gasteiger partial charge is 0.137 e. The molecule has 1 atom stereocenters. The molecule has 98 valence electrons. The quantitative estimate of drug-likeness (QED) is 0.864.